The van der Waals surface area contributed by atoms with Crippen LogP contribution in [0.25, 0.3) is 0 Å². The molecule has 2 nitrogen and oxygen atoms in total. The van der Waals surface area contributed by atoms with E-state index in [0.29, 0.717) is 0 Å². The molecule has 1 aliphatic rings. The first-order chi connectivity index (χ1) is 10.8. The molecule has 2 rings (SSSR count). The van der Waals surface area contributed by atoms with E-state index in [0.717, 1.165) is 0 Å². The Bertz CT molecular complexity index is 393. The molecule has 0 radical (unpaired) electrons. The topological polar surface area (TPSA) is 17.8 Å². The molecule has 0 amide bonds. The molecule has 0 spiro atoms. The molecule has 1 aliphatic heterocycles. The van der Waals surface area contributed by atoms with Crippen LogP contribution in [0.15, 0.2) is 6.07 Å². The van der Waals surface area contributed by atoms with E-state index in [-0.39, 0.29) is 0 Å². The summed E-state index contributed by atoms with van der Waals surface area (Å²) in [5.41, 5.74) is 1.55. The summed E-state index contributed by atoms with van der Waals surface area (Å²) in [5, 5.41) is 5.19. The van der Waals surface area contributed by atoms with Crippen molar-refractivity contribution in [2.75, 3.05) is 0 Å². The number of nitrogens with zero attached hydrogens (tertiary/aromatic N) is 2. The number of aryl methyl sites for hydroxylation is 2. The Hall–Kier alpha value is 0.00870. The van der Waals surface area contributed by atoms with Gasteiger partial charge < -0.3 is 0 Å². The van der Waals surface area contributed by atoms with Crippen LogP contribution >= 0.6 is 0 Å². The van der Waals surface area contributed by atoms with Gasteiger partial charge in [-0.25, -0.2) is 0 Å². The minimum atomic E-state index is -2.27. The fraction of sp³-hybridized carbons (Fsp3) is 0.842. The minimum absolute atomic E-state index is 1.17. The quantitative estimate of drug-likeness (QED) is 0.480. The zero-order valence-corrected chi connectivity index (χ0v) is 18.0. The van der Waals surface area contributed by atoms with E-state index >= 15 is 0 Å². The third-order valence-electron chi connectivity index (χ3n) is 5.49. The van der Waals surface area contributed by atoms with Crippen LogP contribution in [0, 0.1) is 0 Å². The summed E-state index contributed by atoms with van der Waals surface area (Å²) in [5.74, 6) is 0. The first kappa shape index (κ1) is 18.3. The molecule has 0 saturated heterocycles. The van der Waals surface area contributed by atoms with E-state index < -0.39 is 18.4 Å². The first-order valence-corrected chi connectivity index (χ1v) is 17.3. The van der Waals surface area contributed by atoms with Gasteiger partial charge in [-0.3, -0.25) is 0 Å². The van der Waals surface area contributed by atoms with Gasteiger partial charge in [0.25, 0.3) is 0 Å². The molecule has 0 fully saturated rings. The van der Waals surface area contributed by atoms with Gasteiger partial charge in [0.2, 0.25) is 0 Å². The summed E-state index contributed by atoms with van der Waals surface area (Å²) in [6, 6.07) is 2.57. The molecule has 3 heteroatoms. The van der Waals surface area contributed by atoms with Crippen molar-refractivity contribution in [3.8, 4) is 0 Å². The number of hydrogen-bond donors (Lipinski definition) is 0. The zero-order chi connectivity index (χ0) is 15.8. The molecule has 0 N–H and O–H groups in total. The van der Waals surface area contributed by atoms with Crippen molar-refractivity contribution in [1.82, 2.24) is 9.78 Å². The summed E-state index contributed by atoms with van der Waals surface area (Å²) in [6.07, 6.45) is 12.3. The van der Waals surface area contributed by atoms with Crippen molar-refractivity contribution in [3.63, 3.8) is 0 Å². The number of unbranched alkanes of at least 4 members (excludes halogenated alkanes) is 3. The van der Waals surface area contributed by atoms with Crippen molar-refractivity contribution in [3.05, 3.63) is 11.8 Å². The number of rotatable bonds is 10. The molecule has 0 unspecified atom stereocenters. The third-order valence-corrected chi connectivity index (χ3v) is 20.5. The molecule has 0 bridgehead atoms. The molecule has 1 aromatic rings. The Kier molecular flexibility index (Phi) is 7.79. The van der Waals surface area contributed by atoms with Crippen molar-refractivity contribution in [2.45, 2.75) is 98.4 Å². The second kappa shape index (κ2) is 9.34. The van der Waals surface area contributed by atoms with Gasteiger partial charge in [0.1, 0.15) is 0 Å². The SMILES string of the molecule is CCC[CH2][Sn]([CH2]CCC)([CH2]CCC)[c]1cc2n(n1)CCCC2. The van der Waals surface area contributed by atoms with Crippen LogP contribution in [-0.2, 0) is 13.0 Å². The summed E-state index contributed by atoms with van der Waals surface area (Å²) >= 11 is -2.27. The monoisotopic (exact) mass is 412 g/mol. The Labute approximate surface area is 141 Å². The van der Waals surface area contributed by atoms with E-state index in [4.69, 9.17) is 5.10 Å². The maximum atomic E-state index is 5.19. The second-order valence-electron chi connectivity index (χ2n) is 7.29. The first-order valence-electron chi connectivity index (χ1n) is 9.83. The van der Waals surface area contributed by atoms with E-state index in [9.17, 15) is 0 Å². The van der Waals surface area contributed by atoms with Crippen LogP contribution in [0.1, 0.15) is 77.8 Å². The molecule has 0 aromatic carbocycles. The van der Waals surface area contributed by atoms with Crippen molar-refractivity contribution < 1.29 is 0 Å². The molecule has 126 valence electrons. The fourth-order valence-electron chi connectivity index (χ4n) is 3.98. The van der Waals surface area contributed by atoms with Crippen molar-refractivity contribution in [1.29, 1.82) is 0 Å². The van der Waals surface area contributed by atoms with Gasteiger partial charge in [0.05, 0.1) is 0 Å². The van der Waals surface area contributed by atoms with Gasteiger partial charge >= 0.3 is 142 Å². The molecule has 0 aliphatic carbocycles. The van der Waals surface area contributed by atoms with Crippen molar-refractivity contribution >= 4 is 22.1 Å². The van der Waals surface area contributed by atoms with Crippen LogP contribution in [0.4, 0.5) is 0 Å². The van der Waals surface area contributed by atoms with E-state index in [2.05, 4.69) is 31.5 Å². The van der Waals surface area contributed by atoms with Gasteiger partial charge in [-0.05, 0) is 0 Å². The van der Waals surface area contributed by atoms with E-state index in [1.807, 2.05) is 0 Å². The molecule has 22 heavy (non-hydrogen) atoms. The normalized spacial score (nSPS) is 15.0. The van der Waals surface area contributed by atoms with Gasteiger partial charge in [-0.1, -0.05) is 0 Å². The second-order valence-corrected chi connectivity index (χ2v) is 20.3. The Morgan fingerprint density at radius 1 is 0.955 bits per heavy atom. The van der Waals surface area contributed by atoms with Crippen LogP contribution in [0.3, 0.4) is 0 Å². The van der Waals surface area contributed by atoms with E-state index in [1.54, 1.807) is 22.7 Å². The van der Waals surface area contributed by atoms with Crippen LogP contribution in [0.5, 0.6) is 0 Å². The Morgan fingerprint density at radius 3 is 2.05 bits per heavy atom. The summed E-state index contributed by atoms with van der Waals surface area (Å²) in [4.78, 5) is 0. The van der Waals surface area contributed by atoms with E-state index in [1.165, 1.54) is 64.3 Å². The number of hydrogen-bond acceptors (Lipinski definition) is 1. The summed E-state index contributed by atoms with van der Waals surface area (Å²) in [6.45, 7) is 8.24. The number of aromatic nitrogens is 2. The van der Waals surface area contributed by atoms with Crippen molar-refractivity contribution in [2.24, 2.45) is 0 Å². The van der Waals surface area contributed by atoms with Crippen LogP contribution < -0.4 is 3.71 Å². The predicted octanol–water partition coefficient (Wildman–Crippen LogP) is 5.28. The van der Waals surface area contributed by atoms with Gasteiger partial charge in [0.15, 0.2) is 0 Å². The van der Waals surface area contributed by atoms with Crippen LogP contribution in [0.2, 0.25) is 13.3 Å². The standard InChI is InChI=1S/C7H9N2.3C4H9.Sn/c1-2-6-9-7(3-1)4-5-8-9;3*1-3-4-2;/h4H,1-3,6H2;3*1,3-4H2,2H3;. The predicted molar refractivity (Wildman–Crippen MR) is 99.7 cm³/mol. The van der Waals surface area contributed by atoms with Gasteiger partial charge in [-0.2, -0.15) is 0 Å². The molecular formula is C19H36N2Sn. The Morgan fingerprint density at radius 2 is 1.55 bits per heavy atom. The molecular weight excluding hydrogens is 375 g/mol. The Balaban J connectivity index is 2.27. The maximum absolute atomic E-state index is 5.19. The van der Waals surface area contributed by atoms with Crippen LogP contribution in [-0.4, -0.2) is 28.2 Å². The third kappa shape index (κ3) is 4.52. The zero-order valence-electron chi connectivity index (χ0n) is 15.2. The molecule has 1 aromatic heterocycles. The molecule has 0 atom stereocenters. The van der Waals surface area contributed by atoms with Gasteiger partial charge in [0, 0.05) is 0 Å². The fourth-order valence-corrected chi connectivity index (χ4v) is 19.4. The average molecular weight is 411 g/mol. The number of fused-ring (bicyclic) bond motifs is 1. The molecule has 0 saturated carbocycles. The summed E-state index contributed by atoms with van der Waals surface area (Å²) in [7, 11) is 0. The molecule has 2 heterocycles. The summed E-state index contributed by atoms with van der Waals surface area (Å²) < 4.78 is 8.64. The van der Waals surface area contributed by atoms with Gasteiger partial charge in [-0.15, -0.1) is 0 Å². The average Bonchev–Trinajstić information content (AvgIpc) is 2.99.